The van der Waals surface area contributed by atoms with Gasteiger partial charge in [0.1, 0.15) is 5.16 Å². The standard InChI is InChI=1S/C13H17O4P/c1-3-17-18(15,11-7-5-4-6-8-11)13(9-10-13)12(14)16-2/h4-8H,3,9-10H2,1-2H3. The fourth-order valence-corrected chi connectivity index (χ4v) is 5.03. The zero-order chi connectivity index (χ0) is 13.2. The molecular formula is C13H17O4P. The molecule has 18 heavy (non-hydrogen) atoms. The second-order valence-electron chi connectivity index (χ2n) is 4.33. The molecule has 0 bridgehead atoms. The minimum Gasteiger partial charge on any atom is -0.468 e. The van der Waals surface area contributed by atoms with Crippen molar-refractivity contribution in [2.75, 3.05) is 13.7 Å². The lowest BCUT2D eigenvalue weighted by Gasteiger charge is -2.25. The van der Waals surface area contributed by atoms with Crippen molar-refractivity contribution in [1.29, 1.82) is 0 Å². The van der Waals surface area contributed by atoms with E-state index >= 15 is 0 Å². The van der Waals surface area contributed by atoms with E-state index in [0.29, 0.717) is 24.8 Å². The molecule has 2 rings (SSSR count). The van der Waals surface area contributed by atoms with E-state index in [4.69, 9.17) is 9.26 Å². The quantitative estimate of drug-likeness (QED) is 0.607. The van der Waals surface area contributed by atoms with E-state index < -0.39 is 18.5 Å². The Bertz CT molecular complexity index is 479. The Hall–Kier alpha value is -1.12. The summed E-state index contributed by atoms with van der Waals surface area (Å²) >= 11 is 0. The molecule has 1 aliphatic carbocycles. The fraction of sp³-hybridized carbons (Fsp3) is 0.462. The lowest BCUT2D eigenvalue weighted by molar-refractivity contribution is -0.141. The van der Waals surface area contributed by atoms with Crippen molar-refractivity contribution < 1.29 is 18.6 Å². The van der Waals surface area contributed by atoms with Crippen molar-refractivity contribution in [2.24, 2.45) is 0 Å². The molecule has 1 saturated carbocycles. The van der Waals surface area contributed by atoms with Gasteiger partial charge in [0.05, 0.1) is 13.7 Å². The Morgan fingerprint density at radius 1 is 1.33 bits per heavy atom. The molecule has 0 saturated heterocycles. The SMILES string of the molecule is CCOP(=O)(c1ccccc1)C1(C(=O)OC)CC1. The molecule has 4 nitrogen and oxygen atoms in total. The topological polar surface area (TPSA) is 52.6 Å². The zero-order valence-corrected chi connectivity index (χ0v) is 11.5. The van der Waals surface area contributed by atoms with Gasteiger partial charge in [-0.05, 0) is 31.9 Å². The number of rotatable bonds is 5. The predicted molar refractivity (Wildman–Crippen MR) is 69.3 cm³/mol. The molecule has 1 aliphatic rings. The molecule has 0 aliphatic heterocycles. The summed E-state index contributed by atoms with van der Waals surface area (Å²) in [6.07, 6.45) is 1.12. The first-order valence-electron chi connectivity index (χ1n) is 5.99. The minimum atomic E-state index is -3.21. The van der Waals surface area contributed by atoms with Gasteiger partial charge in [0.2, 0.25) is 7.37 Å². The summed E-state index contributed by atoms with van der Waals surface area (Å²) in [5.41, 5.74) is 0. The van der Waals surface area contributed by atoms with Gasteiger partial charge in [0.15, 0.2) is 0 Å². The zero-order valence-electron chi connectivity index (χ0n) is 10.6. The lowest BCUT2D eigenvalue weighted by atomic mass is 10.4. The second-order valence-corrected chi connectivity index (χ2v) is 7.06. The molecule has 1 aromatic rings. The third kappa shape index (κ3) is 1.90. The number of benzene rings is 1. The van der Waals surface area contributed by atoms with Gasteiger partial charge < -0.3 is 9.26 Å². The van der Waals surface area contributed by atoms with Crippen LogP contribution in [0.5, 0.6) is 0 Å². The molecule has 0 radical (unpaired) electrons. The predicted octanol–water partition coefficient (Wildman–Crippen LogP) is 2.33. The summed E-state index contributed by atoms with van der Waals surface area (Å²) in [4.78, 5) is 11.9. The number of methoxy groups -OCH3 is 1. The number of hydrogen-bond acceptors (Lipinski definition) is 4. The molecule has 0 heterocycles. The Balaban J connectivity index is 2.46. The van der Waals surface area contributed by atoms with Gasteiger partial charge in [-0.3, -0.25) is 9.36 Å². The van der Waals surface area contributed by atoms with Crippen LogP contribution in [0, 0.1) is 0 Å². The number of ether oxygens (including phenoxy) is 1. The van der Waals surface area contributed by atoms with E-state index in [2.05, 4.69) is 0 Å². The van der Waals surface area contributed by atoms with Gasteiger partial charge in [-0.2, -0.15) is 0 Å². The molecule has 98 valence electrons. The highest BCUT2D eigenvalue weighted by molar-refractivity contribution is 7.69. The first-order valence-corrected chi connectivity index (χ1v) is 7.62. The first kappa shape index (κ1) is 13.3. The van der Waals surface area contributed by atoms with Crippen LogP contribution in [0.2, 0.25) is 0 Å². The third-order valence-corrected chi connectivity index (χ3v) is 6.62. The van der Waals surface area contributed by atoms with Crippen LogP contribution in [0.4, 0.5) is 0 Å². The minimum absolute atomic E-state index is 0.310. The molecular weight excluding hydrogens is 251 g/mol. The van der Waals surface area contributed by atoms with E-state index in [1.54, 1.807) is 31.2 Å². The van der Waals surface area contributed by atoms with Gasteiger partial charge in [0, 0.05) is 5.30 Å². The Morgan fingerprint density at radius 2 is 1.94 bits per heavy atom. The van der Waals surface area contributed by atoms with E-state index in [0.717, 1.165) is 0 Å². The van der Waals surface area contributed by atoms with Crippen LogP contribution in [0.25, 0.3) is 0 Å². The Kier molecular flexibility index (Phi) is 3.60. The largest absolute Gasteiger partial charge is 0.468 e. The summed E-state index contributed by atoms with van der Waals surface area (Å²) in [6.45, 7) is 2.09. The van der Waals surface area contributed by atoms with Crippen LogP contribution in [0.1, 0.15) is 19.8 Å². The summed E-state index contributed by atoms with van der Waals surface area (Å²) in [6, 6.07) is 8.94. The lowest BCUT2D eigenvalue weighted by Crippen LogP contribution is -2.30. The first-order chi connectivity index (χ1) is 8.60. The maximum Gasteiger partial charge on any atom is 0.321 e. The van der Waals surface area contributed by atoms with Crippen LogP contribution in [-0.4, -0.2) is 24.8 Å². The normalized spacial score (nSPS) is 19.9. The molecule has 5 heteroatoms. The van der Waals surface area contributed by atoms with Crippen molar-refractivity contribution in [3.63, 3.8) is 0 Å². The van der Waals surface area contributed by atoms with Gasteiger partial charge in [-0.25, -0.2) is 0 Å². The molecule has 1 fully saturated rings. The molecule has 1 unspecified atom stereocenters. The monoisotopic (exact) mass is 268 g/mol. The highest BCUT2D eigenvalue weighted by Gasteiger charge is 2.65. The van der Waals surface area contributed by atoms with E-state index in [-0.39, 0.29) is 0 Å². The van der Waals surface area contributed by atoms with Gasteiger partial charge in [-0.15, -0.1) is 0 Å². The number of carbonyl (C=O) groups is 1. The van der Waals surface area contributed by atoms with Crippen molar-refractivity contribution in [3.8, 4) is 0 Å². The van der Waals surface area contributed by atoms with Crippen molar-refractivity contribution in [3.05, 3.63) is 30.3 Å². The Morgan fingerprint density at radius 3 is 2.39 bits per heavy atom. The van der Waals surface area contributed by atoms with Crippen molar-refractivity contribution >= 4 is 18.6 Å². The maximum atomic E-state index is 13.2. The average Bonchev–Trinajstić information content (AvgIpc) is 3.21. The highest BCUT2D eigenvalue weighted by atomic mass is 31.2. The van der Waals surface area contributed by atoms with E-state index in [1.807, 2.05) is 6.07 Å². The van der Waals surface area contributed by atoms with Crippen molar-refractivity contribution in [2.45, 2.75) is 24.9 Å². The number of carbonyl (C=O) groups excluding carboxylic acids is 1. The third-order valence-electron chi connectivity index (χ3n) is 3.26. The maximum absolute atomic E-state index is 13.2. The highest BCUT2D eigenvalue weighted by Crippen LogP contribution is 2.70. The molecule has 0 amide bonds. The molecule has 1 atom stereocenters. The van der Waals surface area contributed by atoms with Crippen LogP contribution >= 0.6 is 7.37 Å². The van der Waals surface area contributed by atoms with Gasteiger partial charge in [0.25, 0.3) is 0 Å². The number of esters is 1. The van der Waals surface area contributed by atoms with Crippen LogP contribution in [0.3, 0.4) is 0 Å². The van der Waals surface area contributed by atoms with Crippen LogP contribution < -0.4 is 5.30 Å². The summed E-state index contributed by atoms with van der Waals surface area (Å²) in [5.74, 6) is -0.428. The van der Waals surface area contributed by atoms with Gasteiger partial charge in [-0.1, -0.05) is 18.2 Å². The molecule has 1 aromatic carbocycles. The summed E-state index contributed by atoms with van der Waals surface area (Å²) in [5, 5.41) is -0.367. The smallest absolute Gasteiger partial charge is 0.321 e. The van der Waals surface area contributed by atoms with E-state index in [1.165, 1.54) is 7.11 Å². The van der Waals surface area contributed by atoms with Gasteiger partial charge >= 0.3 is 5.97 Å². The van der Waals surface area contributed by atoms with Crippen LogP contribution in [0.15, 0.2) is 30.3 Å². The average molecular weight is 268 g/mol. The summed E-state index contributed by atoms with van der Waals surface area (Å²) in [7, 11) is -1.89. The van der Waals surface area contributed by atoms with Crippen LogP contribution in [-0.2, 0) is 18.6 Å². The Labute approximate surface area is 107 Å². The van der Waals surface area contributed by atoms with Crippen molar-refractivity contribution in [1.82, 2.24) is 0 Å². The molecule has 0 spiro atoms. The number of hydrogen-bond donors (Lipinski definition) is 0. The second kappa shape index (κ2) is 4.87. The summed E-state index contributed by atoms with van der Waals surface area (Å²) < 4.78 is 23.5. The molecule has 0 N–H and O–H groups in total. The van der Waals surface area contributed by atoms with E-state index in [9.17, 15) is 9.36 Å². The molecule has 0 aromatic heterocycles. The fourth-order valence-electron chi connectivity index (χ4n) is 2.18.